The second-order valence-electron chi connectivity index (χ2n) is 3.58. The van der Waals surface area contributed by atoms with Crippen molar-refractivity contribution in [2.24, 2.45) is 0 Å². The Kier molecular flexibility index (Phi) is 4.66. The normalized spacial score (nSPS) is 13.5. The van der Waals surface area contributed by atoms with E-state index in [9.17, 15) is 4.79 Å². The van der Waals surface area contributed by atoms with Gasteiger partial charge in [-0.1, -0.05) is 12.1 Å². The largest absolute Gasteiger partial charge is 0.478 e. The van der Waals surface area contributed by atoms with E-state index >= 15 is 0 Å². The fourth-order valence-corrected chi connectivity index (χ4v) is 1.21. The summed E-state index contributed by atoms with van der Waals surface area (Å²) >= 11 is 0. The summed E-state index contributed by atoms with van der Waals surface area (Å²) in [5, 5.41) is 11.8. The van der Waals surface area contributed by atoms with Crippen molar-refractivity contribution in [3.63, 3.8) is 0 Å². The van der Waals surface area contributed by atoms with Gasteiger partial charge in [0.1, 0.15) is 0 Å². The number of aromatic nitrogens is 1. The molecule has 1 aromatic rings. The van der Waals surface area contributed by atoms with Crippen molar-refractivity contribution in [1.29, 1.82) is 0 Å². The Hall–Kier alpha value is -1.68. The second-order valence-corrected chi connectivity index (χ2v) is 3.58. The molecule has 1 atom stereocenters. The molecule has 0 amide bonds. The lowest BCUT2D eigenvalue weighted by molar-refractivity contribution is -0.132. The highest BCUT2D eigenvalue weighted by Crippen LogP contribution is 2.07. The molecule has 0 saturated heterocycles. The highest BCUT2D eigenvalue weighted by molar-refractivity contribution is 5.85. The topological polar surface area (TPSA) is 62.2 Å². The zero-order valence-corrected chi connectivity index (χ0v) is 9.47. The molecule has 0 aliphatic rings. The van der Waals surface area contributed by atoms with Gasteiger partial charge in [-0.15, -0.1) is 0 Å². The van der Waals surface area contributed by atoms with Crippen LogP contribution in [0.2, 0.25) is 0 Å². The Morgan fingerprint density at radius 2 is 2.38 bits per heavy atom. The molecule has 0 bridgehead atoms. The molecule has 4 nitrogen and oxygen atoms in total. The number of aliphatic carboxylic acids is 1. The average Bonchev–Trinajstić information content (AvgIpc) is 2.29. The highest BCUT2D eigenvalue weighted by Gasteiger charge is 2.04. The number of nitrogens with one attached hydrogen (secondary N) is 1. The Morgan fingerprint density at radius 3 is 2.94 bits per heavy atom. The number of hydrogen-bond acceptors (Lipinski definition) is 3. The minimum absolute atomic E-state index is 0.110. The van der Waals surface area contributed by atoms with Gasteiger partial charge in [-0.3, -0.25) is 4.98 Å². The van der Waals surface area contributed by atoms with E-state index in [1.54, 1.807) is 19.2 Å². The van der Waals surface area contributed by atoms with Crippen molar-refractivity contribution in [1.82, 2.24) is 10.3 Å². The van der Waals surface area contributed by atoms with E-state index in [4.69, 9.17) is 5.11 Å². The molecule has 0 aromatic carbocycles. The zero-order chi connectivity index (χ0) is 12.0. The molecule has 16 heavy (non-hydrogen) atoms. The van der Waals surface area contributed by atoms with Crippen LogP contribution < -0.4 is 5.32 Å². The summed E-state index contributed by atoms with van der Waals surface area (Å²) in [5.41, 5.74) is 1.30. The summed E-state index contributed by atoms with van der Waals surface area (Å²) in [5.74, 6) is -0.882. The van der Waals surface area contributed by atoms with Gasteiger partial charge in [-0.2, -0.15) is 0 Å². The van der Waals surface area contributed by atoms with E-state index in [1.807, 2.05) is 25.1 Å². The summed E-state index contributed by atoms with van der Waals surface area (Å²) in [4.78, 5) is 14.7. The lowest BCUT2D eigenvalue weighted by Crippen LogP contribution is -2.20. The van der Waals surface area contributed by atoms with Gasteiger partial charge < -0.3 is 10.4 Å². The molecule has 1 aromatic heterocycles. The van der Waals surface area contributed by atoms with Crippen LogP contribution >= 0.6 is 0 Å². The maximum absolute atomic E-state index is 10.5. The maximum Gasteiger partial charge on any atom is 0.330 e. The summed E-state index contributed by atoms with van der Waals surface area (Å²) in [6.07, 6.45) is 3.40. The van der Waals surface area contributed by atoms with E-state index < -0.39 is 5.97 Å². The van der Waals surface area contributed by atoms with Gasteiger partial charge in [-0.05, 0) is 26.0 Å². The summed E-state index contributed by atoms with van der Waals surface area (Å²) in [6.45, 7) is 4.09. The van der Waals surface area contributed by atoms with Crippen molar-refractivity contribution in [2.45, 2.75) is 19.9 Å². The molecule has 2 N–H and O–H groups in total. The molecule has 0 aliphatic heterocycles. The van der Waals surface area contributed by atoms with Crippen molar-refractivity contribution in [3.8, 4) is 0 Å². The molecule has 1 heterocycles. The highest BCUT2D eigenvalue weighted by atomic mass is 16.4. The van der Waals surface area contributed by atoms with Crippen LogP contribution in [0.25, 0.3) is 0 Å². The predicted molar refractivity (Wildman–Crippen MR) is 62.0 cm³/mol. The van der Waals surface area contributed by atoms with E-state index in [0.29, 0.717) is 12.1 Å². The minimum atomic E-state index is -0.882. The smallest absolute Gasteiger partial charge is 0.330 e. The minimum Gasteiger partial charge on any atom is -0.478 e. The number of hydrogen-bond donors (Lipinski definition) is 2. The van der Waals surface area contributed by atoms with Gasteiger partial charge >= 0.3 is 5.97 Å². The standard InChI is InChI=1S/C12H16N2O2/c1-9(12(15)16)6-8-13-10(2)11-5-3-4-7-14-11/h3-7,10,13H,8H2,1-2H3,(H,15,16)/b9-6-/t10-/m0/s1. The van der Waals surface area contributed by atoms with Crippen molar-refractivity contribution in [3.05, 3.63) is 41.7 Å². The van der Waals surface area contributed by atoms with E-state index in [0.717, 1.165) is 5.69 Å². The number of carboxylic acid groups (broad SMARTS) is 1. The maximum atomic E-state index is 10.5. The summed E-state index contributed by atoms with van der Waals surface area (Å²) in [6, 6.07) is 5.84. The first-order valence-electron chi connectivity index (χ1n) is 5.15. The van der Waals surface area contributed by atoms with Crippen LogP contribution in [0.4, 0.5) is 0 Å². The number of rotatable bonds is 5. The first-order chi connectivity index (χ1) is 7.61. The van der Waals surface area contributed by atoms with Crippen LogP contribution in [0, 0.1) is 0 Å². The monoisotopic (exact) mass is 220 g/mol. The zero-order valence-electron chi connectivity index (χ0n) is 9.47. The molecular formula is C12H16N2O2. The van der Waals surface area contributed by atoms with Crippen molar-refractivity contribution < 1.29 is 9.90 Å². The molecule has 0 aliphatic carbocycles. The van der Waals surface area contributed by atoms with E-state index in [-0.39, 0.29) is 6.04 Å². The Labute approximate surface area is 95.0 Å². The van der Waals surface area contributed by atoms with E-state index in [1.165, 1.54) is 0 Å². The fraction of sp³-hybridized carbons (Fsp3) is 0.333. The van der Waals surface area contributed by atoms with Crippen LogP contribution in [-0.2, 0) is 4.79 Å². The number of carboxylic acids is 1. The summed E-state index contributed by atoms with van der Waals surface area (Å²) in [7, 11) is 0. The molecule has 0 spiro atoms. The number of carbonyl (C=O) groups is 1. The number of pyridine rings is 1. The van der Waals surface area contributed by atoms with Crippen LogP contribution in [0.3, 0.4) is 0 Å². The fourth-order valence-electron chi connectivity index (χ4n) is 1.21. The van der Waals surface area contributed by atoms with Gasteiger partial charge in [0.05, 0.1) is 5.69 Å². The Bertz CT molecular complexity index is 374. The quantitative estimate of drug-likeness (QED) is 0.742. The van der Waals surface area contributed by atoms with Crippen LogP contribution in [0.5, 0.6) is 0 Å². The molecule has 1 rings (SSSR count). The third-order valence-corrected chi connectivity index (χ3v) is 2.30. The lowest BCUT2D eigenvalue weighted by Gasteiger charge is -2.11. The Morgan fingerprint density at radius 1 is 1.62 bits per heavy atom. The predicted octanol–water partition coefficient (Wildman–Crippen LogP) is 1.76. The number of nitrogens with zero attached hydrogens (tertiary/aromatic N) is 1. The van der Waals surface area contributed by atoms with Gasteiger partial charge in [0.25, 0.3) is 0 Å². The van der Waals surface area contributed by atoms with E-state index in [2.05, 4.69) is 10.3 Å². The van der Waals surface area contributed by atoms with Gasteiger partial charge in [0, 0.05) is 24.4 Å². The molecule has 0 fully saturated rings. The SMILES string of the molecule is C/C(=C/CN[C@@H](C)c1ccccn1)C(=O)O. The van der Waals surface area contributed by atoms with Gasteiger partial charge in [0.15, 0.2) is 0 Å². The molecular weight excluding hydrogens is 204 g/mol. The second kappa shape index (κ2) is 6.02. The van der Waals surface area contributed by atoms with Gasteiger partial charge in [0.2, 0.25) is 0 Å². The third-order valence-electron chi connectivity index (χ3n) is 2.30. The molecule has 0 saturated carbocycles. The van der Waals surface area contributed by atoms with Gasteiger partial charge in [-0.25, -0.2) is 4.79 Å². The third kappa shape index (κ3) is 3.82. The van der Waals surface area contributed by atoms with Crippen LogP contribution in [0.15, 0.2) is 36.0 Å². The molecule has 0 radical (unpaired) electrons. The van der Waals surface area contributed by atoms with Crippen LogP contribution in [0.1, 0.15) is 25.6 Å². The van der Waals surface area contributed by atoms with Crippen molar-refractivity contribution in [2.75, 3.05) is 6.54 Å². The first kappa shape index (κ1) is 12.4. The van der Waals surface area contributed by atoms with Crippen LogP contribution in [-0.4, -0.2) is 22.6 Å². The average molecular weight is 220 g/mol. The molecule has 0 unspecified atom stereocenters. The summed E-state index contributed by atoms with van der Waals surface area (Å²) < 4.78 is 0. The lowest BCUT2D eigenvalue weighted by atomic mass is 10.2. The first-order valence-corrected chi connectivity index (χ1v) is 5.15. The van der Waals surface area contributed by atoms with Crippen molar-refractivity contribution >= 4 is 5.97 Å². The molecule has 86 valence electrons. The Balaban J connectivity index is 2.45. The molecule has 4 heteroatoms.